The number of nitrogens with one attached hydrogen (secondary N) is 2. The van der Waals surface area contributed by atoms with Crippen molar-refractivity contribution in [1.29, 1.82) is 0 Å². The predicted octanol–water partition coefficient (Wildman–Crippen LogP) is 3.41. The number of benzene rings is 2. The Morgan fingerprint density at radius 3 is 2.83 bits per heavy atom. The third-order valence-electron chi connectivity index (χ3n) is 4.95. The van der Waals surface area contributed by atoms with Crippen molar-refractivity contribution in [2.24, 2.45) is 0 Å². The number of para-hydroxylation sites is 2. The largest absolute Gasteiger partial charge is 0.327 e. The van der Waals surface area contributed by atoms with E-state index in [0.29, 0.717) is 0 Å². The zero-order valence-electron chi connectivity index (χ0n) is 14.0. The summed E-state index contributed by atoms with van der Waals surface area (Å²) in [6, 6.07) is 16.8. The third kappa shape index (κ3) is 2.78. The first-order valence-corrected chi connectivity index (χ1v) is 8.71. The smallest absolute Gasteiger partial charge is 0.320 e. The molecule has 1 fully saturated rings. The number of nitrogens with zero attached hydrogens (tertiary/aromatic N) is 1. The van der Waals surface area contributed by atoms with Crippen LogP contribution < -0.4 is 11.0 Å². The molecular formula is C20H23N3O. The van der Waals surface area contributed by atoms with Crippen LogP contribution in [0, 0.1) is 0 Å². The molecule has 2 aromatic carbocycles. The first-order valence-electron chi connectivity index (χ1n) is 8.71. The summed E-state index contributed by atoms with van der Waals surface area (Å²) < 4.78 is 1.92. The summed E-state index contributed by atoms with van der Waals surface area (Å²) in [5.74, 6) is 0.717. The van der Waals surface area contributed by atoms with Crippen molar-refractivity contribution in [2.45, 2.75) is 31.2 Å². The number of rotatable bonds is 6. The van der Waals surface area contributed by atoms with Crippen LogP contribution in [0.3, 0.4) is 0 Å². The van der Waals surface area contributed by atoms with E-state index in [9.17, 15) is 4.79 Å². The van der Waals surface area contributed by atoms with E-state index in [2.05, 4.69) is 34.6 Å². The van der Waals surface area contributed by atoms with E-state index >= 15 is 0 Å². The van der Waals surface area contributed by atoms with Gasteiger partial charge in [0.05, 0.1) is 17.1 Å². The summed E-state index contributed by atoms with van der Waals surface area (Å²) in [6.07, 6.45) is 3.46. The Morgan fingerprint density at radius 2 is 2.04 bits per heavy atom. The summed E-state index contributed by atoms with van der Waals surface area (Å²) in [7, 11) is 1.95. The molecule has 24 heavy (non-hydrogen) atoms. The number of imidazole rings is 1. The second-order valence-corrected chi connectivity index (χ2v) is 6.67. The summed E-state index contributed by atoms with van der Waals surface area (Å²) in [4.78, 5) is 15.6. The Balaban J connectivity index is 1.82. The van der Waals surface area contributed by atoms with Crippen molar-refractivity contribution in [3.05, 3.63) is 70.1 Å². The molecule has 0 amide bonds. The lowest BCUT2D eigenvalue weighted by molar-refractivity contribution is 0.524. The third-order valence-corrected chi connectivity index (χ3v) is 4.95. The van der Waals surface area contributed by atoms with Crippen molar-refractivity contribution < 1.29 is 0 Å². The van der Waals surface area contributed by atoms with Gasteiger partial charge in [-0.1, -0.05) is 36.4 Å². The van der Waals surface area contributed by atoms with Gasteiger partial charge in [-0.15, -0.1) is 0 Å². The van der Waals surface area contributed by atoms with E-state index < -0.39 is 0 Å². The maximum atomic E-state index is 12.6. The van der Waals surface area contributed by atoms with Crippen LogP contribution in [0.15, 0.2) is 53.3 Å². The number of aromatic nitrogens is 2. The lowest BCUT2D eigenvalue weighted by Crippen LogP contribution is -2.26. The molecule has 1 aromatic heterocycles. The van der Waals surface area contributed by atoms with Gasteiger partial charge in [-0.3, -0.25) is 4.57 Å². The molecule has 0 unspecified atom stereocenters. The molecule has 4 rings (SSSR count). The minimum absolute atomic E-state index is 0.0332. The molecule has 0 radical (unpaired) electrons. The van der Waals surface area contributed by atoms with Crippen LogP contribution in [0.5, 0.6) is 0 Å². The molecule has 1 saturated carbocycles. The highest BCUT2D eigenvalue weighted by molar-refractivity contribution is 5.75. The number of hydrogen-bond donors (Lipinski definition) is 2. The molecule has 0 spiro atoms. The summed E-state index contributed by atoms with van der Waals surface area (Å²) in [6.45, 7) is 0.865. The Labute approximate surface area is 141 Å². The molecule has 124 valence electrons. The molecule has 2 N–H and O–H groups in total. The van der Waals surface area contributed by atoms with Gasteiger partial charge in [0.2, 0.25) is 0 Å². The summed E-state index contributed by atoms with van der Waals surface area (Å²) >= 11 is 0. The maximum Gasteiger partial charge on any atom is 0.327 e. The van der Waals surface area contributed by atoms with E-state index in [1.165, 1.54) is 24.0 Å². The Morgan fingerprint density at radius 1 is 1.21 bits per heavy atom. The lowest BCUT2D eigenvalue weighted by Gasteiger charge is -2.20. The fraction of sp³-hybridized carbons (Fsp3) is 0.350. The summed E-state index contributed by atoms with van der Waals surface area (Å²) in [5, 5.41) is 3.22. The first-order chi connectivity index (χ1) is 11.8. The van der Waals surface area contributed by atoms with E-state index in [-0.39, 0.29) is 11.7 Å². The fourth-order valence-corrected chi connectivity index (χ4v) is 3.55. The van der Waals surface area contributed by atoms with Gasteiger partial charge in [-0.05, 0) is 62.0 Å². The first kappa shape index (κ1) is 15.2. The van der Waals surface area contributed by atoms with Crippen molar-refractivity contribution in [2.75, 3.05) is 13.6 Å². The van der Waals surface area contributed by atoms with E-state index in [4.69, 9.17) is 0 Å². The van der Waals surface area contributed by atoms with Crippen molar-refractivity contribution >= 4 is 11.0 Å². The van der Waals surface area contributed by atoms with Gasteiger partial charge in [0.25, 0.3) is 0 Å². The van der Waals surface area contributed by atoms with Gasteiger partial charge in [0.15, 0.2) is 0 Å². The predicted molar refractivity (Wildman–Crippen MR) is 97.7 cm³/mol. The van der Waals surface area contributed by atoms with Gasteiger partial charge in [0.1, 0.15) is 0 Å². The molecule has 1 heterocycles. The van der Waals surface area contributed by atoms with Crippen LogP contribution in [0.1, 0.15) is 42.3 Å². The van der Waals surface area contributed by atoms with Crippen LogP contribution in [0.4, 0.5) is 0 Å². The molecule has 4 heteroatoms. The zero-order chi connectivity index (χ0) is 16.5. The molecule has 1 aliphatic carbocycles. The highest BCUT2D eigenvalue weighted by Crippen LogP contribution is 2.41. The van der Waals surface area contributed by atoms with Gasteiger partial charge < -0.3 is 10.3 Å². The molecule has 1 aliphatic rings. The Hall–Kier alpha value is -2.33. The van der Waals surface area contributed by atoms with Gasteiger partial charge >= 0.3 is 5.69 Å². The van der Waals surface area contributed by atoms with Crippen LogP contribution >= 0.6 is 0 Å². The van der Waals surface area contributed by atoms with Crippen LogP contribution in [-0.4, -0.2) is 23.1 Å². The molecule has 1 atom stereocenters. The highest BCUT2D eigenvalue weighted by Gasteiger charge is 2.25. The lowest BCUT2D eigenvalue weighted by atomic mass is 9.99. The average molecular weight is 321 g/mol. The van der Waals surface area contributed by atoms with Crippen LogP contribution in [0.25, 0.3) is 11.0 Å². The quantitative estimate of drug-likeness (QED) is 0.731. The number of fused-ring (bicyclic) bond motifs is 1. The van der Waals surface area contributed by atoms with Gasteiger partial charge in [-0.2, -0.15) is 0 Å². The normalized spacial score (nSPS) is 15.7. The molecule has 3 aromatic rings. The SMILES string of the molecule is CNCC[C@H](c1cccc(C2CC2)c1)n1c(=O)[nH]c2ccccc21. The number of hydrogen-bond acceptors (Lipinski definition) is 2. The van der Waals surface area contributed by atoms with Crippen molar-refractivity contribution in [3.63, 3.8) is 0 Å². The second-order valence-electron chi connectivity index (χ2n) is 6.67. The number of H-pyrrole nitrogens is 1. The van der Waals surface area contributed by atoms with Crippen molar-refractivity contribution in [1.82, 2.24) is 14.9 Å². The van der Waals surface area contributed by atoms with E-state index in [1.807, 2.05) is 35.9 Å². The average Bonchev–Trinajstić information content (AvgIpc) is 3.40. The second kappa shape index (κ2) is 6.29. The number of aromatic amines is 1. The zero-order valence-corrected chi connectivity index (χ0v) is 14.0. The molecule has 4 nitrogen and oxygen atoms in total. The molecule has 0 bridgehead atoms. The van der Waals surface area contributed by atoms with E-state index in [0.717, 1.165) is 29.9 Å². The van der Waals surface area contributed by atoms with Gasteiger partial charge in [-0.25, -0.2) is 4.79 Å². The topological polar surface area (TPSA) is 49.8 Å². The monoisotopic (exact) mass is 321 g/mol. The Bertz CT molecular complexity index is 904. The fourth-order valence-electron chi connectivity index (χ4n) is 3.55. The maximum absolute atomic E-state index is 12.6. The van der Waals surface area contributed by atoms with Crippen LogP contribution in [0.2, 0.25) is 0 Å². The highest BCUT2D eigenvalue weighted by atomic mass is 16.1. The van der Waals surface area contributed by atoms with Gasteiger partial charge in [0, 0.05) is 0 Å². The minimum atomic E-state index is -0.0332. The molecule has 0 saturated heterocycles. The minimum Gasteiger partial charge on any atom is -0.320 e. The van der Waals surface area contributed by atoms with Crippen molar-refractivity contribution in [3.8, 4) is 0 Å². The van der Waals surface area contributed by atoms with Crippen LogP contribution in [-0.2, 0) is 0 Å². The molecule has 0 aliphatic heterocycles. The Kier molecular flexibility index (Phi) is 3.98. The van der Waals surface area contributed by atoms with E-state index in [1.54, 1.807) is 0 Å². The standard InChI is InChI=1S/C20H23N3O/c1-21-12-11-18(16-6-4-5-15(13-16)14-9-10-14)23-19-8-3-2-7-17(19)22-20(23)24/h2-8,13-14,18,21H,9-12H2,1H3,(H,22,24)/t18-/m1/s1. The molecular weight excluding hydrogens is 298 g/mol. The summed E-state index contributed by atoms with van der Waals surface area (Å²) in [5.41, 5.74) is 4.47.